The quantitative estimate of drug-likeness (QED) is 0.833. The van der Waals surface area contributed by atoms with Crippen molar-refractivity contribution in [3.05, 3.63) is 17.5 Å². The van der Waals surface area contributed by atoms with E-state index in [1.165, 1.54) is 37.1 Å². The number of aromatic nitrogens is 2. The fourth-order valence-electron chi connectivity index (χ4n) is 3.55. The van der Waals surface area contributed by atoms with Crippen LogP contribution in [0.3, 0.4) is 0 Å². The Morgan fingerprint density at radius 3 is 2.60 bits per heavy atom. The Morgan fingerprint density at radius 2 is 2.10 bits per heavy atom. The molecule has 1 aromatic heterocycles. The van der Waals surface area contributed by atoms with E-state index < -0.39 is 0 Å². The molecule has 0 aliphatic heterocycles. The number of aryl methyl sites for hydroxylation is 2. The summed E-state index contributed by atoms with van der Waals surface area (Å²) in [5, 5.41) is 8.07. The molecule has 1 unspecified atom stereocenters. The molecule has 4 heteroatoms. The Bertz CT molecular complexity index is 421. The van der Waals surface area contributed by atoms with Crippen LogP contribution in [0.5, 0.6) is 0 Å². The Labute approximate surface area is 122 Å². The predicted molar refractivity (Wildman–Crippen MR) is 82.0 cm³/mol. The van der Waals surface area contributed by atoms with Gasteiger partial charge in [-0.25, -0.2) is 0 Å². The summed E-state index contributed by atoms with van der Waals surface area (Å²) in [6.07, 6.45) is 6.89. The lowest BCUT2D eigenvalue weighted by atomic mass is 9.88. The molecule has 0 bridgehead atoms. The van der Waals surface area contributed by atoms with Gasteiger partial charge in [0.15, 0.2) is 0 Å². The van der Waals surface area contributed by atoms with Crippen LogP contribution in [0.25, 0.3) is 0 Å². The van der Waals surface area contributed by atoms with Gasteiger partial charge in [0.1, 0.15) is 0 Å². The van der Waals surface area contributed by atoms with Crippen molar-refractivity contribution >= 4 is 0 Å². The van der Waals surface area contributed by atoms with Crippen molar-refractivity contribution in [1.29, 1.82) is 0 Å². The number of nitrogens with one attached hydrogen (secondary N) is 1. The molecule has 4 nitrogen and oxygen atoms in total. The highest BCUT2D eigenvalue weighted by atomic mass is 16.5. The van der Waals surface area contributed by atoms with Crippen LogP contribution in [0.1, 0.15) is 50.9 Å². The second kappa shape index (κ2) is 6.72. The number of hydrogen-bond acceptors (Lipinski definition) is 3. The maximum absolute atomic E-state index is 6.20. The van der Waals surface area contributed by atoms with Gasteiger partial charge in [-0.15, -0.1) is 0 Å². The Hall–Kier alpha value is -0.870. The lowest BCUT2D eigenvalue weighted by Gasteiger charge is -2.37. The van der Waals surface area contributed by atoms with Gasteiger partial charge in [0.05, 0.1) is 11.3 Å². The Kier molecular flexibility index (Phi) is 5.22. The minimum atomic E-state index is 0.0140. The van der Waals surface area contributed by atoms with Crippen molar-refractivity contribution in [3.63, 3.8) is 0 Å². The molecule has 1 N–H and O–H groups in total. The van der Waals surface area contributed by atoms with Crippen molar-refractivity contribution < 1.29 is 4.74 Å². The number of nitrogens with zero attached hydrogens (tertiary/aromatic N) is 2. The fourth-order valence-corrected chi connectivity index (χ4v) is 3.55. The number of hydrogen-bond donors (Lipinski definition) is 1. The highest BCUT2D eigenvalue weighted by Crippen LogP contribution is 2.37. The highest BCUT2D eigenvalue weighted by Gasteiger charge is 2.41. The third-order valence-electron chi connectivity index (χ3n) is 4.67. The van der Waals surface area contributed by atoms with Crippen molar-refractivity contribution in [1.82, 2.24) is 15.1 Å². The van der Waals surface area contributed by atoms with Gasteiger partial charge in [0.2, 0.25) is 0 Å². The zero-order chi connectivity index (χ0) is 14.6. The number of ether oxygens (including phenoxy) is 1. The lowest BCUT2D eigenvalue weighted by molar-refractivity contribution is -0.0600. The van der Waals surface area contributed by atoms with Gasteiger partial charge in [0, 0.05) is 31.8 Å². The van der Waals surface area contributed by atoms with Gasteiger partial charge >= 0.3 is 0 Å². The van der Waals surface area contributed by atoms with Crippen LogP contribution in [0.2, 0.25) is 0 Å². The first kappa shape index (κ1) is 15.5. The summed E-state index contributed by atoms with van der Waals surface area (Å²) in [6.45, 7) is 5.05. The smallest absolute Gasteiger partial charge is 0.0838 e. The van der Waals surface area contributed by atoms with E-state index in [4.69, 9.17) is 4.74 Å². The molecule has 2 rings (SSSR count). The minimum Gasteiger partial charge on any atom is -0.374 e. The van der Waals surface area contributed by atoms with E-state index in [1.807, 2.05) is 11.7 Å². The molecule has 1 aromatic rings. The Morgan fingerprint density at radius 1 is 1.40 bits per heavy atom. The topological polar surface area (TPSA) is 39.1 Å². The van der Waals surface area contributed by atoms with E-state index in [0.29, 0.717) is 6.04 Å². The molecule has 0 amide bonds. The molecule has 0 aromatic carbocycles. The van der Waals surface area contributed by atoms with Crippen molar-refractivity contribution in [2.75, 3.05) is 13.7 Å². The van der Waals surface area contributed by atoms with Crippen LogP contribution < -0.4 is 5.32 Å². The fraction of sp³-hybridized carbons (Fsp3) is 0.812. The maximum Gasteiger partial charge on any atom is 0.0838 e. The van der Waals surface area contributed by atoms with E-state index in [9.17, 15) is 0 Å². The normalized spacial score (nSPS) is 19.4. The number of likely N-dealkylation sites (N-methyl/N-ethyl adjacent to an activating group) is 1. The molecule has 1 saturated carbocycles. The summed E-state index contributed by atoms with van der Waals surface area (Å²) in [4.78, 5) is 0. The highest BCUT2D eigenvalue weighted by molar-refractivity contribution is 5.14. The monoisotopic (exact) mass is 279 g/mol. The summed E-state index contributed by atoms with van der Waals surface area (Å²) >= 11 is 0. The van der Waals surface area contributed by atoms with Gasteiger partial charge in [-0.05, 0) is 39.3 Å². The third-order valence-corrected chi connectivity index (χ3v) is 4.67. The summed E-state index contributed by atoms with van der Waals surface area (Å²) in [6, 6.07) is 2.60. The molecule has 1 aliphatic carbocycles. The van der Waals surface area contributed by atoms with Crippen LogP contribution in [-0.2, 0) is 24.6 Å². The molecule has 0 radical (unpaired) electrons. The minimum absolute atomic E-state index is 0.0140. The predicted octanol–water partition coefficient (Wildman–Crippen LogP) is 2.46. The van der Waals surface area contributed by atoms with E-state index in [2.05, 4.69) is 37.4 Å². The molecule has 1 fully saturated rings. The molecule has 1 atom stereocenters. The van der Waals surface area contributed by atoms with Crippen LogP contribution in [-0.4, -0.2) is 35.1 Å². The van der Waals surface area contributed by atoms with Gasteiger partial charge < -0.3 is 10.1 Å². The van der Waals surface area contributed by atoms with Crippen molar-refractivity contribution in [2.24, 2.45) is 7.05 Å². The average Bonchev–Trinajstić information content (AvgIpc) is 3.04. The zero-order valence-electron chi connectivity index (χ0n) is 13.4. The van der Waals surface area contributed by atoms with Crippen LogP contribution in [0, 0.1) is 0 Å². The van der Waals surface area contributed by atoms with E-state index in [0.717, 1.165) is 19.4 Å². The van der Waals surface area contributed by atoms with Gasteiger partial charge in [-0.2, -0.15) is 5.10 Å². The molecular weight excluding hydrogens is 250 g/mol. The van der Waals surface area contributed by atoms with Gasteiger partial charge in [0.25, 0.3) is 0 Å². The van der Waals surface area contributed by atoms with Gasteiger partial charge in [-0.3, -0.25) is 4.68 Å². The molecule has 20 heavy (non-hydrogen) atoms. The van der Waals surface area contributed by atoms with Crippen LogP contribution in [0.4, 0.5) is 0 Å². The third kappa shape index (κ3) is 3.07. The standard InChI is InChI=1S/C16H29N3O/c1-5-13-11-14(19(4)18-13)12-15(17-3)16(20-6-2)9-7-8-10-16/h11,15,17H,5-10,12H2,1-4H3. The Balaban J connectivity index is 2.16. The van der Waals surface area contributed by atoms with Crippen molar-refractivity contribution in [3.8, 4) is 0 Å². The van der Waals surface area contributed by atoms with E-state index in [1.54, 1.807) is 0 Å². The second-order valence-electron chi connectivity index (χ2n) is 5.85. The van der Waals surface area contributed by atoms with E-state index in [-0.39, 0.29) is 5.60 Å². The molecule has 114 valence electrons. The molecule has 0 spiro atoms. The molecular formula is C16H29N3O. The van der Waals surface area contributed by atoms with Crippen LogP contribution >= 0.6 is 0 Å². The maximum atomic E-state index is 6.20. The van der Waals surface area contributed by atoms with E-state index >= 15 is 0 Å². The van der Waals surface area contributed by atoms with Gasteiger partial charge in [-0.1, -0.05) is 19.8 Å². The first-order valence-electron chi connectivity index (χ1n) is 7.98. The summed E-state index contributed by atoms with van der Waals surface area (Å²) in [5.74, 6) is 0. The van der Waals surface area contributed by atoms with Crippen molar-refractivity contribution in [2.45, 2.75) is 64.0 Å². The van der Waals surface area contributed by atoms with Crippen LogP contribution in [0.15, 0.2) is 6.07 Å². The second-order valence-corrected chi connectivity index (χ2v) is 5.85. The molecule has 0 saturated heterocycles. The summed E-state index contributed by atoms with van der Waals surface area (Å²) in [5.41, 5.74) is 2.49. The zero-order valence-corrected chi connectivity index (χ0v) is 13.4. The average molecular weight is 279 g/mol. The number of rotatable bonds is 7. The largest absolute Gasteiger partial charge is 0.374 e. The lowest BCUT2D eigenvalue weighted by Crippen LogP contribution is -2.51. The SMILES string of the molecule is CCOC1(C(Cc2cc(CC)nn2C)NC)CCCC1. The molecule has 1 heterocycles. The first-order chi connectivity index (χ1) is 9.65. The molecule has 1 aliphatic rings. The summed E-state index contributed by atoms with van der Waals surface area (Å²) in [7, 11) is 4.10. The first-order valence-corrected chi connectivity index (χ1v) is 7.98. The summed E-state index contributed by atoms with van der Waals surface area (Å²) < 4.78 is 8.22.